The Balaban J connectivity index is 2.62. The third-order valence-electron chi connectivity index (χ3n) is 2.71. The van der Waals surface area contributed by atoms with Gasteiger partial charge in [0.25, 0.3) is 5.91 Å². The first-order chi connectivity index (χ1) is 9.33. The van der Waals surface area contributed by atoms with Crippen LogP contribution in [0.4, 0.5) is 5.69 Å². The first kappa shape index (κ1) is 16.4. The van der Waals surface area contributed by atoms with Crippen LogP contribution >= 0.6 is 0 Å². The summed E-state index contributed by atoms with van der Waals surface area (Å²) in [6.45, 7) is 3.08. The Hall–Kier alpha value is -1.63. The highest BCUT2D eigenvalue weighted by Crippen LogP contribution is 2.08. The van der Waals surface area contributed by atoms with Crippen LogP contribution in [0, 0.1) is 0 Å². The van der Waals surface area contributed by atoms with Gasteiger partial charge in [-0.25, -0.2) is 13.4 Å². The number of rotatable bonds is 7. The number of amides is 1. The van der Waals surface area contributed by atoms with E-state index in [-0.39, 0.29) is 18.2 Å². The number of sulfone groups is 1. The highest BCUT2D eigenvalue weighted by molar-refractivity contribution is 7.90. The van der Waals surface area contributed by atoms with Crippen LogP contribution in [0.15, 0.2) is 18.3 Å². The van der Waals surface area contributed by atoms with Gasteiger partial charge in [-0.1, -0.05) is 6.92 Å². The normalized spacial score (nSPS) is 11.2. The van der Waals surface area contributed by atoms with Gasteiger partial charge in [-0.3, -0.25) is 4.79 Å². The zero-order valence-electron chi connectivity index (χ0n) is 12.1. The number of hydrogen-bond donors (Lipinski definition) is 1. The Morgan fingerprint density at radius 1 is 1.40 bits per heavy atom. The van der Waals surface area contributed by atoms with Crippen LogP contribution in [0.5, 0.6) is 0 Å². The molecule has 0 aromatic carbocycles. The Kier molecular flexibility index (Phi) is 5.94. The Morgan fingerprint density at radius 3 is 2.60 bits per heavy atom. The van der Waals surface area contributed by atoms with Gasteiger partial charge in [-0.15, -0.1) is 0 Å². The molecule has 1 aromatic rings. The number of carbonyl (C=O) groups is 1. The highest BCUT2D eigenvalue weighted by atomic mass is 32.2. The molecule has 6 nitrogen and oxygen atoms in total. The first-order valence-corrected chi connectivity index (χ1v) is 8.52. The van der Waals surface area contributed by atoms with Crippen LogP contribution in [-0.2, 0) is 9.84 Å². The van der Waals surface area contributed by atoms with Crippen molar-refractivity contribution in [2.45, 2.75) is 13.3 Å². The summed E-state index contributed by atoms with van der Waals surface area (Å²) in [7, 11) is -1.51. The molecule has 0 aliphatic heterocycles. The second-order valence-electron chi connectivity index (χ2n) is 4.72. The van der Waals surface area contributed by atoms with E-state index in [0.717, 1.165) is 24.9 Å². The predicted octanol–water partition coefficient (Wildman–Crippen LogP) is 1.02. The average molecular weight is 299 g/mol. The van der Waals surface area contributed by atoms with E-state index >= 15 is 0 Å². The number of anilines is 1. The largest absolute Gasteiger partial charge is 0.384 e. The third-order valence-corrected chi connectivity index (χ3v) is 3.63. The number of hydrogen-bond acceptors (Lipinski definition) is 5. The van der Waals surface area contributed by atoms with Crippen LogP contribution in [0.1, 0.15) is 23.8 Å². The molecule has 1 N–H and O–H groups in total. The van der Waals surface area contributed by atoms with E-state index in [4.69, 9.17) is 0 Å². The van der Waals surface area contributed by atoms with E-state index in [9.17, 15) is 13.2 Å². The lowest BCUT2D eigenvalue weighted by atomic mass is 10.3. The monoisotopic (exact) mass is 299 g/mol. The Morgan fingerprint density at radius 2 is 2.10 bits per heavy atom. The summed E-state index contributed by atoms with van der Waals surface area (Å²) in [4.78, 5) is 17.5. The maximum absolute atomic E-state index is 12.0. The molecule has 1 aromatic heterocycles. The van der Waals surface area contributed by atoms with Gasteiger partial charge in [-0.05, 0) is 18.6 Å². The third kappa shape index (κ3) is 5.56. The van der Waals surface area contributed by atoms with Crippen molar-refractivity contribution < 1.29 is 13.2 Å². The molecular weight excluding hydrogens is 278 g/mol. The van der Waals surface area contributed by atoms with Crippen LogP contribution in [0.25, 0.3) is 0 Å². The summed E-state index contributed by atoms with van der Waals surface area (Å²) < 4.78 is 22.2. The lowest BCUT2D eigenvalue weighted by Crippen LogP contribution is -2.31. The molecule has 0 aliphatic carbocycles. The van der Waals surface area contributed by atoms with E-state index in [1.165, 1.54) is 4.90 Å². The van der Waals surface area contributed by atoms with Crippen LogP contribution < -0.4 is 5.32 Å². The fourth-order valence-corrected chi connectivity index (χ4v) is 2.10. The summed E-state index contributed by atoms with van der Waals surface area (Å²) in [6, 6.07) is 3.43. The van der Waals surface area contributed by atoms with Crippen molar-refractivity contribution in [3.8, 4) is 0 Å². The molecule has 112 valence electrons. The molecule has 0 fully saturated rings. The van der Waals surface area contributed by atoms with E-state index in [1.807, 2.05) is 0 Å². The molecule has 0 unspecified atom stereocenters. The summed E-state index contributed by atoms with van der Waals surface area (Å²) in [5.74, 6) is -0.332. The van der Waals surface area contributed by atoms with Gasteiger partial charge in [0.1, 0.15) is 15.5 Å². The minimum absolute atomic E-state index is 0.0502. The second-order valence-corrected chi connectivity index (χ2v) is 6.98. The zero-order chi connectivity index (χ0) is 15.2. The lowest BCUT2D eigenvalue weighted by molar-refractivity contribution is 0.0798. The quantitative estimate of drug-likeness (QED) is 0.813. The van der Waals surface area contributed by atoms with E-state index in [2.05, 4.69) is 17.2 Å². The van der Waals surface area contributed by atoms with E-state index < -0.39 is 9.84 Å². The van der Waals surface area contributed by atoms with Gasteiger partial charge in [0.2, 0.25) is 0 Å². The molecule has 0 radical (unpaired) electrons. The average Bonchev–Trinajstić information content (AvgIpc) is 2.41. The number of nitrogens with zero attached hydrogens (tertiary/aromatic N) is 2. The van der Waals surface area contributed by atoms with Gasteiger partial charge >= 0.3 is 0 Å². The van der Waals surface area contributed by atoms with Gasteiger partial charge in [0, 0.05) is 26.4 Å². The number of aromatic nitrogens is 1. The first-order valence-electron chi connectivity index (χ1n) is 6.46. The van der Waals surface area contributed by atoms with Crippen molar-refractivity contribution in [2.75, 3.05) is 37.5 Å². The minimum Gasteiger partial charge on any atom is -0.384 e. The maximum atomic E-state index is 12.0. The van der Waals surface area contributed by atoms with Gasteiger partial charge in [-0.2, -0.15) is 0 Å². The smallest absolute Gasteiger partial charge is 0.272 e. The van der Waals surface area contributed by atoms with E-state index in [0.29, 0.717) is 5.69 Å². The molecule has 7 heteroatoms. The molecule has 0 spiro atoms. The van der Waals surface area contributed by atoms with E-state index in [1.54, 1.807) is 25.4 Å². The maximum Gasteiger partial charge on any atom is 0.272 e. The SMILES string of the molecule is CCCNc1ccc(C(=O)N(C)CCS(C)(=O)=O)nc1. The van der Waals surface area contributed by atoms with Crippen molar-refractivity contribution in [1.29, 1.82) is 0 Å². The van der Waals surface area contributed by atoms with Crippen LogP contribution in [0.3, 0.4) is 0 Å². The van der Waals surface area contributed by atoms with Gasteiger partial charge in [0.05, 0.1) is 17.6 Å². The molecule has 0 saturated heterocycles. The number of nitrogens with one attached hydrogen (secondary N) is 1. The zero-order valence-corrected chi connectivity index (χ0v) is 12.9. The molecular formula is C13H21N3O3S. The Bertz CT molecular complexity index is 540. The molecule has 0 aliphatic rings. The molecule has 1 heterocycles. The Labute approximate surface area is 120 Å². The standard InChI is InChI=1S/C13H21N3O3S/c1-4-7-14-11-5-6-12(15-10-11)13(17)16(2)8-9-20(3,18)19/h5-6,10,14H,4,7-9H2,1-3H3. The summed E-state index contributed by atoms with van der Waals surface area (Å²) >= 11 is 0. The van der Waals surface area contributed by atoms with Crippen LogP contribution in [-0.4, -0.2) is 56.4 Å². The molecule has 1 rings (SSSR count). The van der Waals surface area contributed by atoms with Gasteiger partial charge < -0.3 is 10.2 Å². The molecule has 0 atom stereocenters. The number of pyridine rings is 1. The summed E-state index contributed by atoms with van der Waals surface area (Å²) in [5.41, 5.74) is 1.17. The van der Waals surface area contributed by atoms with Crippen molar-refractivity contribution >= 4 is 21.4 Å². The summed E-state index contributed by atoms with van der Waals surface area (Å²) in [6.07, 6.45) is 3.76. The minimum atomic E-state index is -3.08. The molecule has 1 amide bonds. The van der Waals surface area contributed by atoms with Gasteiger partial charge in [0.15, 0.2) is 0 Å². The fourth-order valence-electron chi connectivity index (χ4n) is 1.49. The molecule has 20 heavy (non-hydrogen) atoms. The van der Waals surface area contributed by atoms with Crippen molar-refractivity contribution in [3.05, 3.63) is 24.0 Å². The predicted molar refractivity (Wildman–Crippen MR) is 79.7 cm³/mol. The molecule has 0 bridgehead atoms. The van der Waals surface area contributed by atoms with Crippen molar-refractivity contribution in [2.24, 2.45) is 0 Å². The summed E-state index contributed by atoms with van der Waals surface area (Å²) in [5, 5.41) is 3.17. The van der Waals surface area contributed by atoms with Crippen LogP contribution in [0.2, 0.25) is 0 Å². The topological polar surface area (TPSA) is 79.4 Å². The van der Waals surface area contributed by atoms with Crippen molar-refractivity contribution in [3.63, 3.8) is 0 Å². The second kappa shape index (κ2) is 7.23. The highest BCUT2D eigenvalue weighted by Gasteiger charge is 2.14. The molecule has 0 saturated carbocycles. The van der Waals surface area contributed by atoms with Crippen molar-refractivity contribution in [1.82, 2.24) is 9.88 Å². The lowest BCUT2D eigenvalue weighted by Gasteiger charge is -2.16. The fraction of sp³-hybridized carbons (Fsp3) is 0.538. The number of carbonyl (C=O) groups excluding carboxylic acids is 1.